The van der Waals surface area contributed by atoms with Gasteiger partial charge in [-0.3, -0.25) is 32.8 Å². The van der Waals surface area contributed by atoms with Crippen molar-refractivity contribution in [1.82, 2.24) is 9.55 Å². The molecule has 2 saturated heterocycles. The standard InChI is InChI=1S/C29H51N3O18P2/c1-2-3-4-5-6-7-8-9-10-11-17(34)14-21(36)48-26-22(30)28(47-18(15-33)24(26)38)49-52(43,44)50-51(41,42)45-16-19-23(37)25(39)27(46-19)32-13-12-20(35)31-29(32)40/h12-13,17-19,22-28,33-34,37-39H,2-11,14-16,30H2,1H3,(H,41,42)(H,43,44)(H,31,35,40)/p-1/t17-,18-,19-,22-,23-,24-,25-,26-,27-,28?/m1/s1. The van der Waals surface area contributed by atoms with Gasteiger partial charge in [-0.05, 0) is 6.42 Å². The molecule has 2 aliphatic heterocycles. The Hall–Kier alpha value is -1.91. The molecule has 0 saturated carbocycles. The zero-order valence-electron chi connectivity index (χ0n) is 28.7. The van der Waals surface area contributed by atoms with E-state index in [2.05, 4.69) is 21.5 Å². The average molecular weight is 791 g/mol. The SMILES string of the molecule is CCCCCCCCCCC[C@@H](O)CC(=O)O[C@H]1[C@H](O)[C@@H](CO)OC(OP(=O)([O-])OP(=O)([O-])OC[C@H]2O[C@@H](n3ccc(=O)[nH]c3=O)[C@H](O)[C@@H]2O)[C@@H]1[NH3+]. The normalized spacial score (nSPS) is 30.8. The maximum Gasteiger partial charge on any atom is 0.330 e. The number of quaternary nitrogens is 1. The molecule has 3 unspecified atom stereocenters. The van der Waals surface area contributed by atoms with Gasteiger partial charge in [0.1, 0.15) is 30.5 Å². The van der Waals surface area contributed by atoms with Crippen LogP contribution in [0.2, 0.25) is 0 Å². The first kappa shape index (κ1) is 44.5. The number of nitrogens with one attached hydrogen (secondary N) is 1. The highest BCUT2D eigenvalue weighted by Crippen LogP contribution is 2.57. The zero-order chi connectivity index (χ0) is 38.6. The number of hydrogen-bond donors (Lipinski definition) is 7. The van der Waals surface area contributed by atoms with Crippen LogP contribution in [0, 0.1) is 0 Å². The van der Waals surface area contributed by atoms with Crippen molar-refractivity contribution in [3.63, 3.8) is 0 Å². The van der Waals surface area contributed by atoms with Crippen molar-refractivity contribution in [1.29, 1.82) is 0 Å². The van der Waals surface area contributed by atoms with Crippen LogP contribution in [0.4, 0.5) is 0 Å². The Labute approximate surface area is 298 Å². The van der Waals surface area contributed by atoms with Crippen LogP contribution < -0.4 is 26.8 Å². The third-order valence-electron chi connectivity index (χ3n) is 8.58. The predicted molar refractivity (Wildman–Crippen MR) is 171 cm³/mol. The van der Waals surface area contributed by atoms with E-state index in [0.717, 1.165) is 37.9 Å². The summed E-state index contributed by atoms with van der Waals surface area (Å²) in [6.45, 7) is 0.118. The summed E-state index contributed by atoms with van der Waals surface area (Å²) in [5.41, 5.74) is 1.82. The van der Waals surface area contributed by atoms with Crippen LogP contribution in [0.15, 0.2) is 21.9 Å². The molecule has 9 N–H and O–H groups in total. The Bertz CT molecular complexity index is 1480. The van der Waals surface area contributed by atoms with Gasteiger partial charge in [-0.25, -0.2) is 9.11 Å². The van der Waals surface area contributed by atoms with Crippen LogP contribution in [0.3, 0.4) is 0 Å². The van der Waals surface area contributed by atoms with Gasteiger partial charge in [-0.2, -0.15) is 0 Å². The minimum Gasteiger partial charge on any atom is -0.756 e. The molecule has 1 aromatic heterocycles. The predicted octanol–water partition coefficient (Wildman–Crippen LogP) is -2.59. The molecular weight excluding hydrogens is 740 g/mol. The number of aromatic nitrogens is 2. The smallest absolute Gasteiger partial charge is 0.330 e. The van der Waals surface area contributed by atoms with E-state index in [0.29, 0.717) is 17.4 Å². The molecule has 2 fully saturated rings. The van der Waals surface area contributed by atoms with Crippen molar-refractivity contribution in [2.24, 2.45) is 0 Å². The lowest BCUT2D eigenvalue weighted by Crippen LogP contribution is -2.78. The highest BCUT2D eigenvalue weighted by molar-refractivity contribution is 7.59. The number of esters is 1. The van der Waals surface area contributed by atoms with E-state index in [1.54, 1.807) is 0 Å². The molecular formula is C29H50N3O18P2-. The van der Waals surface area contributed by atoms with Crippen LogP contribution in [0.1, 0.15) is 83.8 Å². The van der Waals surface area contributed by atoms with Crippen molar-refractivity contribution in [2.75, 3.05) is 13.2 Å². The number of aromatic amines is 1. The number of phosphoric acid groups is 2. The highest BCUT2D eigenvalue weighted by atomic mass is 31.3. The van der Waals surface area contributed by atoms with Crippen LogP contribution >= 0.6 is 15.6 Å². The first-order valence-electron chi connectivity index (χ1n) is 17.1. The topological polar surface area (TPSA) is 336 Å². The van der Waals surface area contributed by atoms with E-state index in [9.17, 15) is 58.8 Å². The molecule has 300 valence electrons. The molecule has 23 heteroatoms. The lowest BCUT2D eigenvalue weighted by Gasteiger charge is -2.42. The van der Waals surface area contributed by atoms with Crippen LogP contribution in [0.25, 0.3) is 0 Å². The van der Waals surface area contributed by atoms with Crippen molar-refractivity contribution in [3.8, 4) is 0 Å². The fourth-order valence-corrected chi connectivity index (χ4v) is 7.86. The van der Waals surface area contributed by atoms with Crippen molar-refractivity contribution >= 4 is 21.6 Å². The maximum atomic E-state index is 12.6. The third-order valence-corrected chi connectivity index (χ3v) is 11.1. The number of aliphatic hydroxyl groups excluding tert-OH is 5. The molecule has 0 amide bonds. The lowest BCUT2D eigenvalue weighted by molar-refractivity contribution is -0.496. The van der Waals surface area contributed by atoms with E-state index in [1.165, 1.54) is 25.7 Å². The first-order valence-corrected chi connectivity index (χ1v) is 20.0. The molecule has 0 spiro atoms. The van der Waals surface area contributed by atoms with Gasteiger partial charge in [0.15, 0.2) is 18.4 Å². The summed E-state index contributed by atoms with van der Waals surface area (Å²) in [4.78, 5) is 62.9. The summed E-state index contributed by atoms with van der Waals surface area (Å²) in [5.74, 6) is -0.966. The Morgan fingerprint density at radius 1 is 0.981 bits per heavy atom. The molecule has 0 aliphatic carbocycles. The van der Waals surface area contributed by atoms with Gasteiger partial charge in [0.2, 0.25) is 6.29 Å². The van der Waals surface area contributed by atoms with Gasteiger partial charge in [0.25, 0.3) is 21.2 Å². The van der Waals surface area contributed by atoms with E-state index < -0.39 is 114 Å². The van der Waals surface area contributed by atoms with E-state index >= 15 is 0 Å². The first-order chi connectivity index (χ1) is 24.5. The number of rotatable bonds is 22. The molecule has 12 atom stereocenters. The van der Waals surface area contributed by atoms with Crippen LogP contribution in [0.5, 0.6) is 0 Å². The van der Waals surface area contributed by atoms with Crippen molar-refractivity contribution < 1.29 is 82.5 Å². The lowest BCUT2D eigenvalue weighted by atomic mass is 9.97. The fraction of sp³-hybridized carbons (Fsp3) is 0.828. The third kappa shape index (κ3) is 13.4. The summed E-state index contributed by atoms with van der Waals surface area (Å²) >= 11 is 0. The monoisotopic (exact) mass is 790 g/mol. The average Bonchev–Trinajstić information content (AvgIpc) is 3.34. The Kier molecular flexibility index (Phi) is 17.7. The van der Waals surface area contributed by atoms with Gasteiger partial charge in [-0.1, -0.05) is 64.7 Å². The second-order valence-electron chi connectivity index (χ2n) is 12.8. The Morgan fingerprint density at radius 2 is 1.62 bits per heavy atom. The largest absolute Gasteiger partial charge is 0.756 e. The van der Waals surface area contributed by atoms with E-state index in [1.807, 2.05) is 4.98 Å². The van der Waals surface area contributed by atoms with Gasteiger partial charge >= 0.3 is 11.7 Å². The van der Waals surface area contributed by atoms with Crippen molar-refractivity contribution in [3.05, 3.63) is 33.1 Å². The summed E-state index contributed by atoms with van der Waals surface area (Å²) in [6.07, 6.45) is -4.57. The molecule has 3 rings (SSSR count). The molecule has 2 aliphatic rings. The van der Waals surface area contributed by atoms with E-state index in [4.69, 9.17) is 18.7 Å². The van der Waals surface area contributed by atoms with Gasteiger partial charge < -0.3 is 59.8 Å². The fourth-order valence-electron chi connectivity index (χ4n) is 5.75. The minimum atomic E-state index is -5.94. The number of aliphatic hydroxyl groups is 5. The molecule has 0 bridgehead atoms. The Morgan fingerprint density at radius 3 is 2.23 bits per heavy atom. The quantitative estimate of drug-likeness (QED) is 0.0360. The minimum absolute atomic E-state index is 0.316. The van der Waals surface area contributed by atoms with Gasteiger partial charge in [0.05, 0.1) is 25.7 Å². The van der Waals surface area contributed by atoms with Gasteiger partial charge in [-0.15, -0.1) is 0 Å². The summed E-state index contributed by atoms with van der Waals surface area (Å²) < 4.78 is 54.8. The molecule has 52 heavy (non-hydrogen) atoms. The molecule has 21 nitrogen and oxygen atoms in total. The number of unbranched alkanes of at least 4 members (excludes halogenated alkanes) is 8. The highest BCUT2D eigenvalue weighted by Gasteiger charge is 2.50. The maximum absolute atomic E-state index is 12.6. The summed E-state index contributed by atoms with van der Waals surface area (Å²) in [6, 6.07) is -0.614. The number of carbonyl (C=O) groups is 1. The van der Waals surface area contributed by atoms with E-state index in [-0.39, 0.29) is 0 Å². The number of nitrogens with zero attached hydrogens (tertiary/aromatic N) is 1. The second-order valence-corrected chi connectivity index (χ2v) is 15.7. The van der Waals surface area contributed by atoms with Crippen molar-refractivity contribution in [2.45, 2.75) is 139 Å². The molecule has 0 radical (unpaired) electrons. The number of carbonyl (C=O) groups excluding carboxylic acids is 1. The number of phosphoric ester groups is 2. The summed E-state index contributed by atoms with van der Waals surface area (Å²) in [7, 11) is -11.8. The zero-order valence-corrected chi connectivity index (χ0v) is 30.5. The molecule has 1 aromatic rings. The molecule has 3 heterocycles. The number of hydrogen-bond acceptors (Lipinski definition) is 18. The number of H-pyrrole nitrogens is 1. The molecule has 0 aromatic carbocycles. The van der Waals surface area contributed by atoms with Crippen LogP contribution in [-0.4, -0.2) is 109 Å². The van der Waals surface area contributed by atoms with Crippen LogP contribution in [-0.2, 0) is 41.5 Å². The van der Waals surface area contributed by atoms with Gasteiger partial charge in [0, 0.05) is 12.3 Å². The Balaban J connectivity index is 1.51. The number of ether oxygens (including phenoxy) is 3. The second kappa shape index (κ2) is 20.7. The summed E-state index contributed by atoms with van der Waals surface area (Å²) in [5, 5.41) is 51.2.